The van der Waals surface area contributed by atoms with E-state index in [1.807, 2.05) is 6.07 Å². The van der Waals surface area contributed by atoms with Crippen LogP contribution in [0.5, 0.6) is 0 Å². The van der Waals surface area contributed by atoms with E-state index in [2.05, 4.69) is 29.6 Å². The lowest BCUT2D eigenvalue weighted by atomic mass is 10.0. The SMILES string of the molecule is Cl.NCCC(=O)Nc1ccc2c3c(cccc13)CC2. The molecule has 4 heteroatoms. The maximum absolute atomic E-state index is 11.7. The number of nitrogens with two attached hydrogens (primary N) is 1. The summed E-state index contributed by atoms with van der Waals surface area (Å²) in [6.07, 6.45) is 2.57. The van der Waals surface area contributed by atoms with Crippen molar-refractivity contribution in [3.8, 4) is 0 Å². The monoisotopic (exact) mass is 276 g/mol. The number of anilines is 1. The molecule has 0 heterocycles. The quantitative estimate of drug-likeness (QED) is 0.905. The van der Waals surface area contributed by atoms with Crippen LogP contribution in [0.25, 0.3) is 10.8 Å². The molecule has 0 unspecified atom stereocenters. The molecule has 3 N–H and O–H groups in total. The zero-order chi connectivity index (χ0) is 12.5. The molecule has 0 atom stereocenters. The second-order valence-electron chi connectivity index (χ2n) is 4.70. The summed E-state index contributed by atoms with van der Waals surface area (Å²) in [5, 5.41) is 5.42. The molecule has 0 bridgehead atoms. The van der Waals surface area contributed by atoms with Gasteiger partial charge in [0, 0.05) is 24.0 Å². The minimum Gasteiger partial charge on any atom is -0.330 e. The molecule has 2 aromatic carbocycles. The summed E-state index contributed by atoms with van der Waals surface area (Å²) in [5.74, 6) is -0.0174. The number of nitrogens with one attached hydrogen (secondary N) is 1. The standard InChI is InChI=1S/C15H16N2O.ClH/c16-9-8-14(18)17-13-7-6-11-5-4-10-2-1-3-12(13)15(10)11;/h1-3,6-7H,4-5,8-9,16H2,(H,17,18);1H. The van der Waals surface area contributed by atoms with E-state index in [0.29, 0.717) is 13.0 Å². The van der Waals surface area contributed by atoms with Gasteiger partial charge in [-0.2, -0.15) is 0 Å². The Kier molecular flexibility index (Phi) is 4.08. The number of benzene rings is 2. The van der Waals surface area contributed by atoms with Crippen molar-refractivity contribution in [1.29, 1.82) is 0 Å². The predicted octanol–water partition coefficient (Wildman–Crippen LogP) is 2.65. The first-order chi connectivity index (χ1) is 8.79. The van der Waals surface area contributed by atoms with Crippen LogP contribution in [0, 0.1) is 0 Å². The highest BCUT2D eigenvalue weighted by atomic mass is 35.5. The highest BCUT2D eigenvalue weighted by Crippen LogP contribution is 2.34. The Bertz CT molecular complexity index is 615. The predicted molar refractivity (Wildman–Crippen MR) is 80.9 cm³/mol. The van der Waals surface area contributed by atoms with Crippen molar-refractivity contribution < 1.29 is 4.79 Å². The maximum Gasteiger partial charge on any atom is 0.225 e. The van der Waals surface area contributed by atoms with E-state index < -0.39 is 0 Å². The summed E-state index contributed by atoms with van der Waals surface area (Å²) >= 11 is 0. The van der Waals surface area contributed by atoms with Gasteiger partial charge in [-0.05, 0) is 35.4 Å². The van der Waals surface area contributed by atoms with Crippen LogP contribution in [0.2, 0.25) is 0 Å². The van der Waals surface area contributed by atoms with Gasteiger partial charge < -0.3 is 11.1 Å². The molecule has 0 fully saturated rings. The molecule has 0 aliphatic heterocycles. The van der Waals surface area contributed by atoms with Crippen molar-refractivity contribution >= 4 is 34.8 Å². The lowest BCUT2D eigenvalue weighted by Crippen LogP contribution is -2.16. The normalized spacial score (nSPS) is 12.3. The highest BCUT2D eigenvalue weighted by Gasteiger charge is 2.16. The fourth-order valence-electron chi connectivity index (χ4n) is 2.70. The molecule has 0 saturated carbocycles. The lowest BCUT2D eigenvalue weighted by Gasteiger charge is -2.10. The summed E-state index contributed by atoms with van der Waals surface area (Å²) in [6.45, 7) is 0.382. The number of hydrogen-bond donors (Lipinski definition) is 2. The highest BCUT2D eigenvalue weighted by molar-refractivity contribution is 6.05. The minimum absolute atomic E-state index is 0. The third-order valence-corrected chi connectivity index (χ3v) is 3.52. The van der Waals surface area contributed by atoms with Gasteiger partial charge in [0.25, 0.3) is 0 Å². The third kappa shape index (κ3) is 2.44. The zero-order valence-electron chi connectivity index (χ0n) is 10.6. The fraction of sp³-hybridized carbons (Fsp3) is 0.267. The Morgan fingerprint density at radius 3 is 2.63 bits per heavy atom. The second kappa shape index (κ2) is 5.59. The molecule has 1 aliphatic carbocycles. The van der Waals surface area contributed by atoms with E-state index >= 15 is 0 Å². The van der Waals surface area contributed by atoms with E-state index in [0.717, 1.165) is 23.9 Å². The number of rotatable bonds is 3. The molecular formula is C15H17ClN2O. The number of hydrogen-bond acceptors (Lipinski definition) is 2. The van der Waals surface area contributed by atoms with E-state index in [-0.39, 0.29) is 18.3 Å². The van der Waals surface area contributed by atoms with E-state index in [1.54, 1.807) is 0 Å². The van der Waals surface area contributed by atoms with Crippen LogP contribution in [0.1, 0.15) is 17.5 Å². The maximum atomic E-state index is 11.7. The Balaban J connectivity index is 0.00000133. The number of carbonyl (C=O) groups is 1. The molecule has 0 spiro atoms. The van der Waals surface area contributed by atoms with Gasteiger partial charge in [-0.1, -0.05) is 24.3 Å². The largest absolute Gasteiger partial charge is 0.330 e. The molecule has 1 aliphatic rings. The van der Waals surface area contributed by atoms with Gasteiger partial charge in [-0.15, -0.1) is 12.4 Å². The minimum atomic E-state index is -0.0174. The Morgan fingerprint density at radius 2 is 1.89 bits per heavy atom. The van der Waals surface area contributed by atoms with Crippen LogP contribution in [-0.2, 0) is 17.6 Å². The first-order valence-electron chi connectivity index (χ1n) is 6.33. The van der Waals surface area contributed by atoms with Crippen molar-refractivity contribution in [2.75, 3.05) is 11.9 Å². The smallest absolute Gasteiger partial charge is 0.225 e. The van der Waals surface area contributed by atoms with Gasteiger partial charge >= 0.3 is 0 Å². The summed E-state index contributed by atoms with van der Waals surface area (Å²) in [7, 11) is 0. The van der Waals surface area contributed by atoms with Gasteiger partial charge in [0.1, 0.15) is 0 Å². The molecule has 19 heavy (non-hydrogen) atoms. The average Bonchev–Trinajstić information content (AvgIpc) is 2.78. The Labute approximate surface area is 118 Å². The summed E-state index contributed by atoms with van der Waals surface area (Å²) < 4.78 is 0. The van der Waals surface area contributed by atoms with Crippen LogP contribution in [0.15, 0.2) is 30.3 Å². The molecule has 2 aromatic rings. The number of amides is 1. The van der Waals surface area contributed by atoms with Crippen LogP contribution >= 0.6 is 12.4 Å². The van der Waals surface area contributed by atoms with Crippen LogP contribution in [0.3, 0.4) is 0 Å². The number of halogens is 1. The van der Waals surface area contributed by atoms with Crippen molar-refractivity contribution in [3.05, 3.63) is 41.5 Å². The van der Waals surface area contributed by atoms with Crippen molar-refractivity contribution in [2.24, 2.45) is 5.73 Å². The summed E-state index contributed by atoms with van der Waals surface area (Å²) in [5.41, 5.74) is 9.07. The molecule has 3 nitrogen and oxygen atoms in total. The summed E-state index contributed by atoms with van der Waals surface area (Å²) in [6, 6.07) is 10.4. The zero-order valence-corrected chi connectivity index (χ0v) is 11.4. The van der Waals surface area contributed by atoms with Gasteiger partial charge in [0.15, 0.2) is 0 Å². The topological polar surface area (TPSA) is 55.1 Å². The van der Waals surface area contributed by atoms with Gasteiger partial charge in [0.2, 0.25) is 5.91 Å². The van der Waals surface area contributed by atoms with Crippen molar-refractivity contribution in [3.63, 3.8) is 0 Å². The molecule has 0 radical (unpaired) electrons. The van der Waals surface area contributed by atoms with Crippen LogP contribution in [0.4, 0.5) is 5.69 Å². The average molecular weight is 277 g/mol. The molecule has 3 rings (SSSR count). The van der Waals surface area contributed by atoms with E-state index in [4.69, 9.17) is 5.73 Å². The fourth-order valence-corrected chi connectivity index (χ4v) is 2.70. The van der Waals surface area contributed by atoms with E-state index in [9.17, 15) is 4.79 Å². The third-order valence-electron chi connectivity index (χ3n) is 3.52. The number of carbonyl (C=O) groups excluding carboxylic acids is 1. The van der Waals surface area contributed by atoms with Gasteiger partial charge in [-0.25, -0.2) is 0 Å². The molecule has 0 saturated heterocycles. The summed E-state index contributed by atoms with van der Waals surface area (Å²) in [4.78, 5) is 11.7. The Morgan fingerprint density at radius 1 is 1.16 bits per heavy atom. The first-order valence-corrected chi connectivity index (χ1v) is 6.33. The molecule has 100 valence electrons. The van der Waals surface area contributed by atoms with Gasteiger partial charge in [-0.3, -0.25) is 4.79 Å². The molecular weight excluding hydrogens is 260 g/mol. The number of aryl methyl sites for hydroxylation is 2. The Hall–Kier alpha value is -1.58. The second-order valence-corrected chi connectivity index (χ2v) is 4.70. The first kappa shape index (κ1) is 13.8. The van der Waals surface area contributed by atoms with Crippen molar-refractivity contribution in [1.82, 2.24) is 0 Å². The lowest BCUT2D eigenvalue weighted by molar-refractivity contribution is -0.116. The molecule has 1 amide bonds. The van der Waals surface area contributed by atoms with E-state index in [1.165, 1.54) is 16.5 Å². The van der Waals surface area contributed by atoms with Crippen molar-refractivity contribution in [2.45, 2.75) is 19.3 Å². The van der Waals surface area contributed by atoms with Crippen LogP contribution < -0.4 is 11.1 Å². The molecule has 0 aromatic heterocycles. The van der Waals surface area contributed by atoms with Gasteiger partial charge in [0.05, 0.1) is 0 Å². The van der Waals surface area contributed by atoms with Crippen LogP contribution in [-0.4, -0.2) is 12.5 Å².